The van der Waals surface area contributed by atoms with Crippen molar-refractivity contribution < 1.29 is 4.74 Å². The second-order valence-corrected chi connectivity index (χ2v) is 5.70. The van der Waals surface area contributed by atoms with Crippen LogP contribution in [0, 0.1) is 0 Å². The number of rotatable bonds is 2. The third kappa shape index (κ3) is 2.84. The van der Waals surface area contributed by atoms with E-state index in [-0.39, 0.29) is 5.60 Å². The Morgan fingerprint density at radius 3 is 2.79 bits per heavy atom. The second kappa shape index (κ2) is 4.78. The quantitative estimate of drug-likeness (QED) is 0.898. The summed E-state index contributed by atoms with van der Waals surface area (Å²) in [6, 6.07) is 6.59. The van der Waals surface area contributed by atoms with Crippen molar-refractivity contribution in [3.8, 4) is 0 Å². The standard InChI is InChI=1S/C15H19N3O/c1-15(2)10-12(5-8-19-15)18-11-3-4-13-14(9-11)17-7-6-16-13/h3-4,6-7,9,12,18H,5,8,10H2,1-2H3. The molecular weight excluding hydrogens is 238 g/mol. The Bertz CT molecular complexity index is 582. The van der Waals surface area contributed by atoms with Gasteiger partial charge in [0.15, 0.2) is 0 Å². The fourth-order valence-corrected chi connectivity index (χ4v) is 2.64. The van der Waals surface area contributed by atoms with Crippen molar-refractivity contribution in [3.63, 3.8) is 0 Å². The predicted octanol–water partition coefficient (Wildman–Crippen LogP) is 3.00. The van der Waals surface area contributed by atoms with Crippen LogP contribution in [0.15, 0.2) is 30.6 Å². The summed E-state index contributed by atoms with van der Waals surface area (Å²) >= 11 is 0. The minimum Gasteiger partial charge on any atom is -0.382 e. The molecular formula is C15H19N3O. The van der Waals surface area contributed by atoms with Gasteiger partial charge < -0.3 is 10.1 Å². The zero-order valence-corrected chi connectivity index (χ0v) is 11.4. The first-order valence-electron chi connectivity index (χ1n) is 6.74. The lowest BCUT2D eigenvalue weighted by molar-refractivity contribution is -0.0553. The largest absolute Gasteiger partial charge is 0.382 e. The molecule has 1 fully saturated rings. The van der Waals surface area contributed by atoms with Crippen molar-refractivity contribution in [2.24, 2.45) is 0 Å². The van der Waals surface area contributed by atoms with Crippen molar-refractivity contribution in [3.05, 3.63) is 30.6 Å². The molecule has 0 aliphatic carbocycles. The first-order valence-corrected chi connectivity index (χ1v) is 6.74. The van der Waals surface area contributed by atoms with Crippen LogP contribution in [0.4, 0.5) is 5.69 Å². The smallest absolute Gasteiger partial charge is 0.0907 e. The van der Waals surface area contributed by atoms with E-state index >= 15 is 0 Å². The maximum atomic E-state index is 5.74. The van der Waals surface area contributed by atoms with E-state index in [0.717, 1.165) is 36.2 Å². The van der Waals surface area contributed by atoms with Crippen LogP contribution in [0.25, 0.3) is 11.0 Å². The van der Waals surface area contributed by atoms with Gasteiger partial charge in [0.05, 0.1) is 16.6 Å². The molecule has 2 aromatic rings. The zero-order chi connectivity index (χ0) is 13.3. The third-order valence-corrected chi connectivity index (χ3v) is 3.54. The molecule has 0 bridgehead atoms. The summed E-state index contributed by atoms with van der Waals surface area (Å²) < 4.78 is 5.74. The lowest BCUT2D eigenvalue weighted by Gasteiger charge is -2.36. The highest BCUT2D eigenvalue weighted by atomic mass is 16.5. The number of fused-ring (bicyclic) bond motifs is 1. The molecule has 3 rings (SSSR count). The molecule has 1 aliphatic rings. The third-order valence-electron chi connectivity index (χ3n) is 3.54. The Labute approximate surface area is 113 Å². The average molecular weight is 257 g/mol. The predicted molar refractivity (Wildman–Crippen MR) is 76.2 cm³/mol. The van der Waals surface area contributed by atoms with Gasteiger partial charge in [0.25, 0.3) is 0 Å². The van der Waals surface area contributed by atoms with E-state index in [9.17, 15) is 0 Å². The SMILES string of the molecule is CC1(C)CC(Nc2ccc3nccnc3c2)CCO1. The molecule has 1 unspecified atom stereocenters. The van der Waals surface area contributed by atoms with E-state index in [0.29, 0.717) is 6.04 Å². The molecule has 2 heterocycles. The highest BCUT2D eigenvalue weighted by molar-refractivity contribution is 5.78. The second-order valence-electron chi connectivity index (χ2n) is 5.70. The normalized spacial score (nSPS) is 22.3. The highest BCUT2D eigenvalue weighted by Gasteiger charge is 2.28. The monoisotopic (exact) mass is 257 g/mol. The van der Waals surface area contributed by atoms with Crippen molar-refractivity contribution >= 4 is 16.7 Å². The lowest BCUT2D eigenvalue weighted by atomic mass is 9.94. The van der Waals surface area contributed by atoms with Crippen molar-refractivity contribution in [2.45, 2.75) is 38.3 Å². The van der Waals surface area contributed by atoms with Crippen LogP contribution in [0.2, 0.25) is 0 Å². The van der Waals surface area contributed by atoms with Crippen molar-refractivity contribution in [2.75, 3.05) is 11.9 Å². The molecule has 0 radical (unpaired) electrons. The number of nitrogens with zero attached hydrogens (tertiary/aromatic N) is 2. The number of hydrogen-bond acceptors (Lipinski definition) is 4. The summed E-state index contributed by atoms with van der Waals surface area (Å²) in [6.07, 6.45) is 5.51. The highest BCUT2D eigenvalue weighted by Crippen LogP contribution is 2.27. The molecule has 4 heteroatoms. The molecule has 100 valence electrons. The fourth-order valence-electron chi connectivity index (χ4n) is 2.64. The summed E-state index contributed by atoms with van der Waals surface area (Å²) in [5.74, 6) is 0. The number of anilines is 1. The molecule has 4 nitrogen and oxygen atoms in total. The summed E-state index contributed by atoms with van der Waals surface area (Å²) in [6.45, 7) is 5.11. The molecule has 1 N–H and O–H groups in total. The Morgan fingerprint density at radius 1 is 1.21 bits per heavy atom. The van der Waals surface area contributed by atoms with E-state index in [4.69, 9.17) is 4.74 Å². The number of benzene rings is 1. The molecule has 1 atom stereocenters. The minimum atomic E-state index is -0.0351. The summed E-state index contributed by atoms with van der Waals surface area (Å²) in [4.78, 5) is 8.62. The van der Waals surface area contributed by atoms with Crippen LogP contribution < -0.4 is 5.32 Å². The molecule has 19 heavy (non-hydrogen) atoms. The van der Waals surface area contributed by atoms with Gasteiger partial charge in [-0.2, -0.15) is 0 Å². The molecule has 1 aliphatic heterocycles. The maximum absolute atomic E-state index is 5.74. The maximum Gasteiger partial charge on any atom is 0.0907 e. The van der Waals surface area contributed by atoms with Crippen LogP contribution in [-0.4, -0.2) is 28.2 Å². The Morgan fingerprint density at radius 2 is 2.00 bits per heavy atom. The van der Waals surface area contributed by atoms with E-state index in [1.807, 2.05) is 6.07 Å². The Hall–Kier alpha value is -1.68. The zero-order valence-electron chi connectivity index (χ0n) is 11.4. The van der Waals surface area contributed by atoms with Gasteiger partial charge >= 0.3 is 0 Å². The Kier molecular flexibility index (Phi) is 3.11. The van der Waals surface area contributed by atoms with E-state index < -0.39 is 0 Å². The first-order chi connectivity index (χ1) is 9.12. The lowest BCUT2D eigenvalue weighted by Crippen LogP contribution is -2.40. The molecule has 1 aromatic carbocycles. The number of nitrogens with one attached hydrogen (secondary N) is 1. The van der Waals surface area contributed by atoms with Gasteiger partial charge in [0, 0.05) is 30.7 Å². The van der Waals surface area contributed by atoms with E-state index in [1.54, 1.807) is 12.4 Å². The van der Waals surface area contributed by atoms with E-state index in [2.05, 4.69) is 41.3 Å². The fraction of sp³-hybridized carbons (Fsp3) is 0.467. The van der Waals surface area contributed by atoms with Gasteiger partial charge in [-0.3, -0.25) is 9.97 Å². The van der Waals surface area contributed by atoms with Crippen molar-refractivity contribution in [1.29, 1.82) is 0 Å². The van der Waals surface area contributed by atoms with Gasteiger partial charge in [-0.15, -0.1) is 0 Å². The Balaban J connectivity index is 1.77. The first kappa shape index (κ1) is 12.4. The summed E-state index contributed by atoms with van der Waals surface area (Å²) in [5.41, 5.74) is 2.93. The molecule has 0 amide bonds. The van der Waals surface area contributed by atoms with Crippen LogP contribution >= 0.6 is 0 Å². The van der Waals surface area contributed by atoms with Gasteiger partial charge in [0.2, 0.25) is 0 Å². The summed E-state index contributed by atoms with van der Waals surface area (Å²) in [7, 11) is 0. The number of aromatic nitrogens is 2. The molecule has 0 spiro atoms. The van der Waals surface area contributed by atoms with Gasteiger partial charge in [-0.05, 0) is 44.9 Å². The van der Waals surface area contributed by atoms with E-state index in [1.165, 1.54) is 0 Å². The minimum absolute atomic E-state index is 0.0351. The van der Waals surface area contributed by atoms with Gasteiger partial charge in [0.1, 0.15) is 0 Å². The van der Waals surface area contributed by atoms with Gasteiger partial charge in [-0.1, -0.05) is 0 Å². The topological polar surface area (TPSA) is 47.0 Å². The van der Waals surface area contributed by atoms with Crippen LogP contribution in [0.1, 0.15) is 26.7 Å². The number of hydrogen-bond donors (Lipinski definition) is 1. The number of ether oxygens (including phenoxy) is 1. The average Bonchev–Trinajstić information content (AvgIpc) is 2.37. The van der Waals surface area contributed by atoms with Crippen LogP contribution in [0.3, 0.4) is 0 Å². The molecule has 1 aromatic heterocycles. The molecule has 1 saturated heterocycles. The van der Waals surface area contributed by atoms with Crippen LogP contribution in [-0.2, 0) is 4.74 Å². The van der Waals surface area contributed by atoms with Crippen molar-refractivity contribution in [1.82, 2.24) is 9.97 Å². The van der Waals surface area contributed by atoms with Crippen LogP contribution in [0.5, 0.6) is 0 Å². The van der Waals surface area contributed by atoms with Gasteiger partial charge in [-0.25, -0.2) is 0 Å². The summed E-state index contributed by atoms with van der Waals surface area (Å²) in [5, 5.41) is 3.58. The molecule has 0 saturated carbocycles.